The van der Waals surface area contributed by atoms with Gasteiger partial charge in [0, 0.05) is 26.2 Å². The molecule has 0 bridgehead atoms. The van der Waals surface area contributed by atoms with Crippen LogP contribution in [0.15, 0.2) is 53.4 Å². The summed E-state index contributed by atoms with van der Waals surface area (Å²) >= 11 is 0. The van der Waals surface area contributed by atoms with Crippen molar-refractivity contribution in [3.8, 4) is 6.07 Å². The van der Waals surface area contributed by atoms with Gasteiger partial charge in [0.25, 0.3) is 0 Å². The SMILES string of the molecule is N#Cc1ccccc1N1CCN(S(=O)(=O)c2cccc(C(=O)O)c2)CC1. The highest BCUT2D eigenvalue weighted by Gasteiger charge is 2.29. The fraction of sp³-hybridized carbons (Fsp3) is 0.222. The Balaban J connectivity index is 1.78. The molecule has 1 N–H and O–H groups in total. The monoisotopic (exact) mass is 371 g/mol. The van der Waals surface area contributed by atoms with E-state index in [2.05, 4.69) is 6.07 Å². The summed E-state index contributed by atoms with van der Waals surface area (Å²) in [6, 6.07) is 14.7. The number of hydrogen-bond donors (Lipinski definition) is 1. The molecule has 134 valence electrons. The summed E-state index contributed by atoms with van der Waals surface area (Å²) in [5.41, 5.74) is 1.28. The van der Waals surface area contributed by atoms with Crippen LogP contribution < -0.4 is 4.90 Å². The normalized spacial score (nSPS) is 15.4. The van der Waals surface area contributed by atoms with Gasteiger partial charge in [0.15, 0.2) is 0 Å². The van der Waals surface area contributed by atoms with E-state index in [0.717, 1.165) is 5.69 Å². The van der Waals surface area contributed by atoms with E-state index < -0.39 is 16.0 Å². The van der Waals surface area contributed by atoms with Crippen LogP contribution in [0, 0.1) is 11.3 Å². The predicted octanol–water partition coefficient (Wildman–Crippen LogP) is 1.77. The number of carboxylic acid groups (broad SMARTS) is 1. The third-order valence-electron chi connectivity index (χ3n) is 4.32. The molecule has 0 radical (unpaired) electrons. The van der Waals surface area contributed by atoms with Gasteiger partial charge in [0.05, 0.1) is 21.7 Å². The van der Waals surface area contributed by atoms with Crippen LogP contribution in [0.3, 0.4) is 0 Å². The average molecular weight is 371 g/mol. The Bertz CT molecular complexity index is 974. The average Bonchev–Trinajstić information content (AvgIpc) is 2.68. The summed E-state index contributed by atoms with van der Waals surface area (Å²) in [5, 5.41) is 18.3. The van der Waals surface area contributed by atoms with Crippen molar-refractivity contribution in [2.45, 2.75) is 4.90 Å². The molecule has 1 aliphatic rings. The molecular formula is C18H17N3O4S. The molecule has 7 nitrogen and oxygen atoms in total. The van der Waals surface area contributed by atoms with Crippen molar-refractivity contribution in [2.75, 3.05) is 31.1 Å². The van der Waals surface area contributed by atoms with Crippen molar-refractivity contribution >= 4 is 21.7 Å². The van der Waals surface area contributed by atoms with E-state index in [9.17, 15) is 18.5 Å². The van der Waals surface area contributed by atoms with Crippen molar-refractivity contribution in [1.29, 1.82) is 5.26 Å². The van der Waals surface area contributed by atoms with Crippen LogP contribution in [0.5, 0.6) is 0 Å². The number of sulfonamides is 1. The summed E-state index contributed by atoms with van der Waals surface area (Å²) < 4.78 is 26.9. The Morgan fingerprint density at radius 2 is 1.73 bits per heavy atom. The van der Waals surface area contributed by atoms with Crippen LogP contribution in [0.1, 0.15) is 15.9 Å². The van der Waals surface area contributed by atoms with Gasteiger partial charge in [-0.25, -0.2) is 13.2 Å². The third-order valence-corrected chi connectivity index (χ3v) is 6.22. The highest BCUT2D eigenvalue weighted by molar-refractivity contribution is 7.89. The second kappa shape index (κ2) is 7.15. The smallest absolute Gasteiger partial charge is 0.335 e. The number of piperazine rings is 1. The lowest BCUT2D eigenvalue weighted by Crippen LogP contribution is -2.48. The second-order valence-electron chi connectivity index (χ2n) is 5.85. The molecule has 1 aliphatic heterocycles. The molecule has 0 amide bonds. The van der Waals surface area contributed by atoms with E-state index in [-0.39, 0.29) is 23.5 Å². The van der Waals surface area contributed by atoms with Gasteiger partial charge < -0.3 is 10.0 Å². The minimum Gasteiger partial charge on any atom is -0.478 e. The number of para-hydroxylation sites is 1. The van der Waals surface area contributed by atoms with Crippen molar-refractivity contribution < 1.29 is 18.3 Å². The van der Waals surface area contributed by atoms with Crippen LogP contribution in [-0.2, 0) is 10.0 Å². The standard InChI is InChI=1S/C18H17N3O4S/c19-13-15-4-1-2-7-17(15)20-8-10-21(11-9-20)26(24,25)16-6-3-5-14(12-16)18(22)23/h1-7,12H,8-11H2,(H,22,23). The summed E-state index contributed by atoms with van der Waals surface area (Å²) in [7, 11) is -3.76. The quantitative estimate of drug-likeness (QED) is 0.879. The number of nitriles is 1. The van der Waals surface area contributed by atoms with Gasteiger partial charge in [-0.15, -0.1) is 0 Å². The van der Waals surface area contributed by atoms with E-state index >= 15 is 0 Å². The van der Waals surface area contributed by atoms with Gasteiger partial charge in [0.1, 0.15) is 6.07 Å². The number of rotatable bonds is 4. The van der Waals surface area contributed by atoms with Gasteiger partial charge in [-0.2, -0.15) is 9.57 Å². The molecule has 0 spiro atoms. The number of anilines is 1. The van der Waals surface area contributed by atoms with E-state index in [0.29, 0.717) is 18.7 Å². The predicted molar refractivity (Wildman–Crippen MR) is 95.5 cm³/mol. The molecule has 26 heavy (non-hydrogen) atoms. The minimum atomic E-state index is -3.76. The Labute approximate surface area is 151 Å². The molecule has 2 aromatic rings. The van der Waals surface area contributed by atoms with Crippen LogP contribution >= 0.6 is 0 Å². The van der Waals surface area contributed by atoms with Crippen molar-refractivity contribution in [1.82, 2.24) is 4.31 Å². The van der Waals surface area contributed by atoms with Gasteiger partial charge in [0.2, 0.25) is 10.0 Å². The molecule has 1 fully saturated rings. The second-order valence-corrected chi connectivity index (χ2v) is 7.79. The van der Waals surface area contributed by atoms with E-state index in [1.165, 1.54) is 28.6 Å². The van der Waals surface area contributed by atoms with E-state index in [1.807, 2.05) is 17.0 Å². The Morgan fingerprint density at radius 3 is 2.38 bits per heavy atom. The van der Waals surface area contributed by atoms with Crippen molar-refractivity contribution in [3.63, 3.8) is 0 Å². The molecule has 3 rings (SSSR count). The number of carbonyl (C=O) groups is 1. The molecule has 0 unspecified atom stereocenters. The Hall–Kier alpha value is -2.89. The van der Waals surface area contributed by atoms with Gasteiger partial charge in [-0.1, -0.05) is 18.2 Å². The third kappa shape index (κ3) is 3.40. The summed E-state index contributed by atoms with van der Waals surface area (Å²) in [5.74, 6) is -1.17. The van der Waals surface area contributed by atoms with Crippen molar-refractivity contribution in [2.24, 2.45) is 0 Å². The highest BCUT2D eigenvalue weighted by atomic mass is 32.2. The number of benzene rings is 2. The topological polar surface area (TPSA) is 102 Å². The first-order chi connectivity index (χ1) is 12.4. The first-order valence-corrected chi connectivity index (χ1v) is 9.45. The molecular weight excluding hydrogens is 354 g/mol. The lowest BCUT2D eigenvalue weighted by atomic mass is 10.1. The fourth-order valence-corrected chi connectivity index (χ4v) is 4.42. The van der Waals surface area contributed by atoms with E-state index in [4.69, 9.17) is 5.11 Å². The fourth-order valence-electron chi connectivity index (χ4n) is 2.95. The first kappa shape index (κ1) is 17.9. The zero-order chi connectivity index (χ0) is 18.7. The van der Waals surface area contributed by atoms with Gasteiger partial charge >= 0.3 is 5.97 Å². The Morgan fingerprint density at radius 1 is 1.04 bits per heavy atom. The summed E-state index contributed by atoms with van der Waals surface area (Å²) in [6.07, 6.45) is 0. The number of hydrogen-bond acceptors (Lipinski definition) is 5. The van der Waals surface area contributed by atoms with Crippen molar-refractivity contribution in [3.05, 3.63) is 59.7 Å². The maximum Gasteiger partial charge on any atom is 0.335 e. The van der Waals surface area contributed by atoms with Crippen LogP contribution in [0.25, 0.3) is 0 Å². The number of carboxylic acids is 1. The molecule has 1 saturated heterocycles. The molecule has 0 atom stereocenters. The first-order valence-electron chi connectivity index (χ1n) is 8.01. The minimum absolute atomic E-state index is 0.0247. The van der Waals surface area contributed by atoms with Gasteiger partial charge in [-0.3, -0.25) is 0 Å². The zero-order valence-electron chi connectivity index (χ0n) is 13.9. The molecule has 1 heterocycles. The molecule has 0 aromatic heterocycles. The molecule has 8 heteroatoms. The van der Waals surface area contributed by atoms with Crippen LogP contribution in [-0.4, -0.2) is 50.0 Å². The number of nitrogens with zero attached hydrogens (tertiary/aromatic N) is 3. The maximum atomic E-state index is 12.8. The largest absolute Gasteiger partial charge is 0.478 e. The molecule has 0 aliphatic carbocycles. The lowest BCUT2D eigenvalue weighted by Gasteiger charge is -2.35. The van der Waals surface area contributed by atoms with E-state index in [1.54, 1.807) is 12.1 Å². The highest BCUT2D eigenvalue weighted by Crippen LogP contribution is 2.24. The zero-order valence-corrected chi connectivity index (χ0v) is 14.7. The lowest BCUT2D eigenvalue weighted by molar-refractivity contribution is 0.0696. The Kier molecular flexibility index (Phi) is 4.93. The van der Waals surface area contributed by atoms with Gasteiger partial charge in [-0.05, 0) is 30.3 Å². The summed E-state index contributed by atoms with van der Waals surface area (Å²) in [6.45, 7) is 1.44. The summed E-state index contributed by atoms with van der Waals surface area (Å²) in [4.78, 5) is 13.0. The van der Waals surface area contributed by atoms with Crippen LogP contribution in [0.4, 0.5) is 5.69 Å². The number of aromatic carboxylic acids is 1. The van der Waals surface area contributed by atoms with Crippen LogP contribution in [0.2, 0.25) is 0 Å². The maximum absolute atomic E-state index is 12.8. The molecule has 2 aromatic carbocycles. The molecule has 0 saturated carbocycles.